The van der Waals surface area contributed by atoms with Gasteiger partial charge < -0.3 is 10.1 Å². The van der Waals surface area contributed by atoms with Gasteiger partial charge in [-0.3, -0.25) is 9.52 Å². The van der Waals surface area contributed by atoms with Crippen LogP contribution in [0.2, 0.25) is 0 Å². The van der Waals surface area contributed by atoms with Gasteiger partial charge in [0.05, 0.1) is 16.3 Å². The first-order valence-electron chi connectivity index (χ1n) is 6.29. The molecule has 6 nitrogen and oxygen atoms in total. The van der Waals surface area contributed by atoms with Crippen LogP contribution >= 0.6 is 15.9 Å². The minimum absolute atomic E-state index is 0.0455. The van der Waals surface area contributed by atoms with Crippen LogP contribution in [-0.2, 0) is 14.8 Å². The third-order valence-electron chi connectivity index (χ3n) is 2.97. The van der Waals surface area contributed by atoms with Crippen molar-refractivity contribution in [2.24, 2.45) is 0 Å². The molecule has 1 aliphatic heterocycles. The highest BCUT2D eigenvalue weighted by Gasteiger charge is 2.19. The van der Waals surface area contributed by atoms with Crippen molar-refractivity contribution in [1.82, 2.24) is 0 Å². The summed E-state index contributed by atoms with van der Waals surface area (Å²) in [6, 6.07) is 11.1. The number of hydrogen-bond donors (Lipinski definition) is 2. The van der Waals surface area contributed by atoms with Crippen molar-refractivity contribution in [2.45, 2.75) is 4.90 Å². The Morgan fingerprint density at radius 2 is 2.00 bits per heavy atom. The number of benzene rings is 2. The number of nitrogens with one attached hydrogen (secondary N) is 2. The first-order valence-corrected chi connectivity index (χ1v) is 8.57. The van der Waals surface area contributed by atoms with E-state index in [0.717, 1.165) is 0 Å². The molecular weight excluding hydrogens is 372 g/mol. The lowest BCUT2D eigenvalue weighted by atomic mass is 10.2. The van der Waals surface area contributed by atoms with E-state index < -0.39 is 10.0 Å². The highest BCUT2D eigenvalue weighted by Crippen LogP contribution is 2.31. The molecule has 0 aromatic heterocycles. The van der Waals surface area contributed by atoms with Gasteiger partial charge in [-0.15, -0.1) is 0 Å². The normalized spacial score (nSPS) is 13.8. The molecule has 2 aromatic rings. The van der Waals surface area contributed by atoms with Crippen LogP contribution in [0.5, 0.6) is 5.75 Å². The fraction of sp³-hybridized carbons (Fsp3) is 0.0714. The van der Waals surface area contributed by atoms with E-state index in [4.69, 9.17) is 4.74 Å². The molecule has 0 saturated heterocycles. The Balaban J connectivity index is 1.90. The lowest BCUT2D eigenvalue weighted by Crippen LogP contribution is -2.25. The van der Waals surface area contributed by atoms with Gasteiger partial charge >= 0.3 is 0 Å². The Morgan fingerprint density at radius 1 is 1.18 bits per heavy atom. The first kappa shape index (κ1) is 14.9. The van der Waals surface area contributed by atoms with Crippen molar-refractivity contribution in [3.63, 3.8) is 0 Å². The summed E-state index contributed by atoms with van der Waals surface area (Å²) in [4.78, 5) is 11.4. The van der Waals surface area contributed by atoms with E-state index in [1.807, 2.05) is 0 Å². The van der Waals surface area contributed by atoms with Crippen molar-refractivity contribution in [1.29, 1.82) is 0 Å². The van der Waals surface area contributed by atoms with Crippen LogP contribution in [0.4, 0.5) is 11.4 Å². The van der Waals surface area contributed by atoms with E-state index in [0.29, 0.717) is 21.6 Å². The van der Waals surface area contributed by atoms with Gasteiger partial charge in [-0.2, -0.15) is 0 Å². The summed E-state index contributed by atoms with van der Waals surface area (Å²) >= 11 is 3.24. The molecule has 3 rings (SSSR count). The average molecular weight is 383 g/mol. The van der Waals surface area contributed by atoms with E-state index in [2.05, 4.69) is 26.0 Å². The van der Waals surface area contributed by atoms with E-state index in [9.17, 15) is 13.2 Å². The zero-order valence-corrected chi connectivity index (χ0v) is 13.6. The molecule has 0 unspecified atom stereocenters. The van der Waals surface area contributed by atoms with Crippen LogP contribution < -0.4 is 14.8 Å². The van der Waals surface area contributed by atoms with E-state index in [-0.39, 0.29) is 17.4 Å². The SMILES string of the molecule is O=C1COc2ccc(NS(=O)(=O)c3cccc(Br)c3)cc2N1. The van der Waals surface area contributed by atoms with E-state index in [1.165, 1.54) is 18.2 Å². The van der Waals surface area contributed by atoms with Crippen molar-refractivity contribution < 1.29 is 17.9 Å². The van der Waals surface area contributed by atoms with Gasteiger partial charge in [0.15, 0.2) is 6.61 Å². The number of hydrogen-bond acceptors (Lipinski definition) is 4. The molecule has 114 valence electrons. The van der Waals surface area contributed by atoms with Crippen LogP contribution in [0.1, 0.15) is 0 Å². The standard InChI is InChI=1S/C14H11BrN2O4S/c15-9-2-1-3-11(6-9)22(19,20)17-10-4-5-13-12(7-10)16-14(18)8-21-13/h1-7,17H,8H2,(H,16,18). The lowest BCUT2D eigenvalue weighted by Gasteiger charge is -2.18. The third-order valence-corrected chi connectivity index (χ3v) is 4.84. The Hall–Kier alpha value is -2.06. The summed E-state index contributed by atoms with van der Waals surface area (Å²) in [5.74, 6) is 0.226. The number of carbonyl (C=O) groups excluding carboxylic acids is 1. The number of rotatable bonds is 3. The van der Waals surface area contributed by atoms with Crippen molar-refractivity contribution in [3.8, 4) is 5.75 Å². The second-order valence-corrected chi connectivity index (χ2v) is 7.21. The summed E-state index contributed by atoms with van der Waals surface area (Å²) < 4.78 is 33.0. The van der Waals surface area contributed by atoms with Crippen molar-refractivity contribution >= 4 is 43.2 Å². The molecular formula is C14H11BrN2O4S. The number of ether oxygens (including phenoxy) is 1. The Bertz CT molecular complexity index is 852. The van der Waals surface area contributed by atoms with Gasteiger partial charge in [-0.1, -0.05) is 22.0 Å². The topological polar surface area (TPSA) is 84.5 Å². The predicted octanol–water partition coefficient (Wildman–Crippen LogP) is 2.58. The summed E-state index contributed by atoms with van der Waals surface area (Å²) in [6.45, 7) is -0.0455. The molecule has 2 N–H and O–H groups in total. The number of sulfonamides is 1. The molecule has 0 radical (unpaired) electrons. The molecule has 0 fully saturated rings. The zero-order valence-electron chi connectivity index (χ0n) is 11.2. The molecule has 0 aliphatic carbocycles. The van der Waals surface area contributed by atoms with Gasteiger partial charge in [0.1, 0.15) is 5.75 Å². The monoisotopic (exact) mass is 382 g/mol. The fourth-order valence-electron chi connectivity index (χ4n) is 1.99. The molecule has 1 amide bonds. The highest BCUT2D eigenvalue weighted by molar-refractivity contribution is 9.10. The smallest absolute Gasteiger partial charge is 0.262 e. The van der Waals surface area contributed by atoms with Crippen LogP contribution in [0, 0.1) is 0 Å². The summed E-state index contributed by atoms with van der Waals surface area (Å²) in [7, 11) is -3.71. The number of halogens is 1. The minimum atomic E-state index is -3.71. The van der Waals surface area contributed by atoms with Gasteiger partial charge in [-0.25, -0.2) is 8.42 Å². The fourth-order valence-corrected chi connectivity index (χ4v) is 3.64. The van der Waals surface area contributed by atoms with E-state index >= 15 is 0 Å². The second-order valence-electron chi connectivity index (χ2n) is 4.61. The number of fused-ring (bicyclic) bond motifs is 1. The lowest BCUT2D eigenvalue weighted by molar-refractivity contribution is -0.118. The molecule has 8 heteroatoms. The van der Waals surface area contributed by atoms with Crippen molar-refractivity contribution in [2.75, 3.05) is 16.6 Å². The third kappa shape index (κ3) is 3.07. The molecule has 1 heterocycles. The Labute approximate surface area is 135 Å². The molecule has 0 atom stereocenters. The number of amides is 1. The van der Waals surface area contributed by atoms with Gasteiger partial charge in [0.25, 0.3) is 15.9 Å². The highest BCUT2D eigenvalue weighted by atomic mass is 79.9. The summed E-state index contributed by atoms with van der Waals surface area (Å²) in [5.41, 5.74) is 0.773. The maximum absolute atomic E-state index is 12.3. The van der Waals surface area contributed by atoms with Crippen LogP contribution in [-0.4, -0.2) is 20.9 Å². The largest absolute Gasteiger partial charge is 0.482 e. The van der Waals surface area contributed by atoms with Crippen LogP contribution in [0.25, 0.3) is 0 Å². The predicted molar refractivity (Wildman–Crippen MR) is 85.5 cm³/mol. The Morgan fingerprint density at radius 3 is 2.77 bits per heavy atom. The summed E-state index contributed by atoms with van der Waals surface area (Å²) in [5, 5.41) is 2.63. The molecule has 0 bridgehead atoms. The average Bonchev–Trinajstić information content (AvgIpc) is 2.46. The molecule has 0 saturated carbocycles. The maximum atomic E-state index is 12.3. The van der Waals surface area contributed by atoms with Gasteiger partial charge in [-0.05, 0) is 36.4 Å². The van der Waals surface area contributed by atoms with E-state index in [1.54, 1.807) is 24.3 Å². The quantitative estimate of drug-likeness (QED) is 0.854. The minimum Gasteiger partial charge on any atom is -0.482 e. The summed E-state index contributed by atoms with van der Waals surface area (Å²) in [6.07, 6.45) is 0. The maximum Gasteiger partial charge on any atom is 0.262 e. The number of anilines is 2. The zero-order chi connectivity index (χ0) is 15.7. The van der Waals surface area contributed by atoms with Crippen LogP contribution in [0.3, 0.4) is 0 Å². The van der Waals surface area contributed by atoms with Crippen LogP contribution in [0.15, 0.2) is 51.8 Å². The first-order chi connectivity index (χ1) is 10.4. The molecule has 22 heavy (non-hydrogen) atoms. The Kier molecular flexibility index (Phi) is 3.79. The molecule has 0 spiro atoms. The molecule has 1 aliphatic rings. The van der Waals surface area contributed by atoms with Gasteiger partial charge in [0.2, 0.25) is 0 Å². The van der Waals surface area contributed by atoms with Crippen molar-refractivity contribution in [3.05, 3.63) is 46.9 Å². The number of carbonyl (C=O) groups is 1. The second kappa shape index (κ2) is 5.62. The van der Waals surface area contributed by atoms with Gasteiger partial charge in [0, 0.05) is 4.47 Å². The molecule has 2 aromatic carbocycles.